The van der Waals surface area contributed by atoms with Crippen molar-refractivity contribution in [1.82, 2.24) is 9.21 Å². The molecule has 0 aliphatic carbocycles. The van der Waals surface area contributed by atoms with Gasteiger partial charge < -0.3 is 10.0 Å². The van der Waals surface area contributed by atoms with Gasteiger partial charge in [-0.1, -0.05) is 0 Å². The average molecular weight is 332 g/mol. The van der Waals surface area contributed by atoms with Gasteiger partial charge >= 0.3 is 5.97 Å². The van der Waals surface area contributed by atoms with E-state index < -0.39 is 28.4 Å². The fraction of sp³-hybridized carbons (Fsp3) is 0.500. The van der Waals surface area contributed by atoms with Gasteiger partial charge in [0.2, 0.25) is 10.0 Å². The van der Waals surface area contributed by atoms with Crippen molar-refractivity contribution in [2.45, 2.75) is 17.7 Å². The molecule has 0 unspecified atom stereocenters. The maximum atomic E-state index is 12.5. The Morgan fingerprint density at radius 2 is 2.00 bits per heavy atom. The molecule has 1 aromatic rings. The Morgan fingerprint density at radius 3 is 2.57 bits per heavy atom. The number of sulfonamides is 1. The summed E-state index contributed by atoms with van der Waals surface area (Å²) in [6.07, 6.45) is 1.62. The summed E-state index contributed by atoms with van der Waals surface area (Å²) < 4.78 is 26.4. The van der Waals surface area contributed by atoms with Crippen molar-refractivity contribution < 1.29 is 23.1 Å². The average Bonchev–Trinajstić information content (AvgIpc) is 3.08. The fourth-order valence-electron chi connectivity index (χ4n) is 2.17. The lowest BCUT2D eigenvalue weighted by Crippen LogP contribution is -2.34. The van der Waals surface area contributed by atoms with Crippen LogP contribution in [-0.4, -0.2) is 61.3 Å². The Labute approximate surface area is 126 Å². The molecule has 9 heteroatoms. The monoisotopic (exact) mass is 332 g/mol. The van der Waals surface area contributed by atoms with Crippen LogP contribution in [0.2, 0.25) is 0 Å². The Kier molecular flexibility index (Phi) is 4.64. The third kappa shape index (κ3) is 3.25. The van der Waals surface area contributed by atoms with Gasteiger partial charge in [0.25, 0.3) is 5.91 Å². The molecule has 0 spiro atoms. The molecule has 1 N–H and O–H groups in total. The molecule has 1 saturated heterocycles. The first kappa shape index (κ1) is 15.9. The second-order valence-electron chi connectivity index (χ2n) is 4.78. The Bertz CT molecular complexity index is 646. The zero-order valence-corrected chi connectivity index (χ0v) is 13.1. The molecular weight excluding hydrogens is 316 g/mol. The minimum atomic E-state index is -3.68. The lowest BCUT2D eigenvalue weighted by Gasteiger charge is -2.18. The maximum Gasteiger partial charge on any atom is 0.323 e. The van der Waals surface area contributed by atoms with Gasteiger partial charge in [-0.25, -0.2) is 8.42 Å². The Balaban J connectivity index is 2.30. The predicted octanol–water partition coefficient (Wildman–Crippen LogP) is 0.689. The molecule has 7 nitrogen and oxygen atoms in total. The van der Waals surface area contributed by atoms with Crippen molar-refractivity contribution in [3.05, 3.63) is 16.3 Å². The normalized spacial score (nSPS) is 16.0. The fourth-order valence-corrected chi connectivity index (χ4v) is 5.08. The number of nitrogens with zero attached hydrogens (tertiary/aromatic N) is 2. The lowest BCUT2D eigenvalue weighted by atomic mass is 10.4. The van der Waals surface area contributed by atoms with Crippen molar-refractivity contribution in [1.29, 1.82) is 0 Å². The second-order valence-corrected chi connectivity index (χ2v) is 7.60. The van der Waals surface area contributed by atoms with E-state index in [1.54, 1.807) is 0 Å². The number of carbonyl (C=O) groups is 2. The molecule has 0 radical (unpaired) electrons. The van der Waals surface area contributed by atoms with Gasteiger partial charge in [-0.2, -0.15) is 4.31 Å². The Hall–Kier alpha value is -1.45. The number of carboxylic acids is 1. The zero-order chi connectivity index (χ0) is 15.6. The van der Waals surface area contributed by atoms with Gasteiger partial charge in [0.15, 0.2) is 0 Å². The summed E-state index contributed by atoms with van der Waals surface area (Å²) in [6.45, 7) is 0.438. The van der Waals surface area contributed by atoms with Gasteiger partial charge in [-0.05, 0) is 24.3 Å². The van der Waals surface area contributed by atoms with Crippen LogP contribution in [0.4, 0.5) is 0 Å². The van der Waals surface area contributed by atoms with Gasteiger partial charge in [0, 0.05) is 20.1 Å². The number of aliphatic carboxylic acids is 1. The summed E-state index contributed by atoms with van der Waals surface area (Å²) >= 11 is 1.01. The van der Waals surface area contributed by atoms with Crippen molar-refractivity contribution >= 4 is 33.2 Å². The molecule has 0 saturated carbocycles. The van der Waals surface area contributed by atoms with E-state index in [-0.39, 0.29) is 9.77 Å². The molecule has 1 aromatic heterocycles. The molecule has 1 amide bonds. The highest BCUT2D eigenvalue weighted by atomic mass is 32.2. The summed E-state index contributed by atoms with van der Waals surface area (Å²) in [5.74, 6) is -1.74. The highest BCUT2D eigenvalue weighted by molar-refractivity contribution is 7.89. The molecule has 1 aliphatic rings. The molecule has 1 aliphatic heterocycles. The molecule has 2 rings (SSSR count). The van der Waals surface area contributed by atoms with E-state index in [9.17, 15) is 18.0 Å². The van der Waals surface area contributed by atoms with Crippen LogP contribution in [0.5, 0.6) is 0 Å². The number of carboxylic acid groups (broad SMARTS) is 1. The molecule has 116 valence electrons. The molecule has 0 aromatic carbocycles. The van der Waals surface area contributed by atoms with Gasteiger partial charge in [-0.3, -0.25) is 9.59 Å². The molecule has 2 heterocycles. The van der Waals surface area contributed by atoms with E-state index >= 15 is 0 Å². The van der Waals surface area contributed by atoms with Crippen molar-refractivity contribution in [2.24, 2.45) is 0 Å². The molecule has 1 fully saturated rings. The van der Waals surface area contributed by atoms with Crippen molar-refractivity contribution in [2.75, 3.05) is 26.7 Å². The van der Waals surface area contributed by atoms with Crippen LogP contribution >= 0.6 is 11.3 Å². The first-order valence-electron chi connectivity index (χ1n) is 6.39. The van der Waals surface area contributed by atoms with Crippen LogP contribution in [0.15, 0.2) is 16.3 Å². The first-order chi connectivity index (χ1) is 9.84. The number of carbonyl (C=O) groups excluding carboxylic acids is 1. The van der Waals surface area contributed by atoms with Crippen LogP contribution < -0.4 is 0 Å². The number of rotatable bonds is 5. The highest BCUT2D eigenvalue weighted by Gasteiger charge is 2.32. The summed E-state index contributed by atoms with van der Waals surface area (Å²) in [5, 5.41) is 10.2. The van der Waals surface area contributed by atoms with Crippen LogP contribution in [-0.2, 0) is 14.8 Å². The quantitative estimate of drug-likeness (QED) is 0.856. The number of hydrogen-bond donors (Lipinski definition) is 1. The summed E-state index contributed by atoms with van der Waals surface area (Å²) in [7, 11) is -2.35. The topological polar surface area (TPSA) is 95.0 Å². The maximum absolute atomic E-state index is 12.5. The van der Waals surface area contributed by atoms with E-state index in [0.29, 0.717) is 13.1 Å². The molecular formula is C12H16N2O5S2. The van der Waals surface area contributed by atoms with E-state index in [4.69, 9.17) is 5.11 Å². The molecule has 21 heavy (non-hydrogen) atoms. The van der Waals surface area contributed by atoms with Crippen LogP contribution in [0.1, 0.15) is 22.5 Å². The van der Waals surface area contributed by atoms with Crippen LogP contribution in [0.3, 0.4) is 0 Å². The van der Waals surface area contributed by atoms with E-state index in [0.717, 1.165) is 29.1 Å². The summed E-state index contributed by atoms with van der Waals surface area (Å²) in [6, 6.07) is 1.40. The summed E-state index contributed by atoms with van der Waals surface area (Å²) in [4.78, 5) is 23.9. The zero-order valence-electron chi connectivity index (χ0n) is 11.5. The number of amides is 1. The Morgan fingerprint density at radius 1 is 1.38 bits per heavy atom. The summed E-state index contributed by atoms with van der Waals surface area (Å²) in [5.41, 5.74) is 0. The first-order valence-corrected chi connectivity index (χ1v) is 8.71. The SMILES string of the molecule is CN(CC(=O)O)C(=O)c1sccc1S(=O)(=O)N1CCCC1. The van der Waals surface area contributed by atoms with Gasteiger partial charge in [0.1, 0.15) is 16.3 Å². The van der Waals surface area contributed by atoms with Crippen LogP contribution in [0.25, 0.3) is 0 Å². The van der Waals surface area contributed by atoms with Crippen molar-refractivity contribution in [3.63, 3.8) is 0 Å². The minimum Gasteiger partial charge on any atom is -0.480 e. The number of hydrogen-bond acceptors (Lipinski definition) is 5. The van der Waals surface area contributed by atoms with E-state index in [2.05, 4.69) is 0 Å². The smallest absolute Gasteiger partial charge is 0.323 e. The third-order valence-electron chi connectivity index (χ3n) is 3.23. The minimum absolute atomic E-state index is 0.0309. The van der Waals surface area contributed by atoms with E-state index in [1.807, 2.05) is 0 Å². The third-order valence-corrected chi connectivity index (χ3v) is 6.20. The predicted molar refractivity (Wildman–Crippen MR) is 76.9 cm³/mol. The largest absolute Gasteiger partial charge is 0.480 e. The van der Waals surface area contributed by atoms with Crippen molar-refractivity contribution in [3.8, 4) is 0 Å². The van der Waals surface area contributed by atoms with Gasteiger partial charge in [-0.15, -0.1) is 11.3 Å². The molecule has 0 bridgehead atoms. The standard InChI is InChI=1S/C12H16N2O5S2/c1-13(8-10(15)16)12(17)11-9(4-7-20-11)21(18,19)14-5-2-3-6-14/h4,7H,2-3,5-6,8H2,1H3,(H,15,16). The van der Waals surface area contributed by atoms with E-state index in [1.165, 1.54) is 22.8 Å². The second kappa shape index (κ2) is 6.12. The van der Waals surface area contributed by atoms with Gasteiger partial charge in [0.05, 0.1) is 0 Å². The van der Waals surface area contributed by atoms with Crippen LogP contribution in [0, 0.1) is 0 Å². The number of thiophene rings is 1. The molecule has 0 atom stereocenters. The number of likely N-dealkylation sites (N-methyl/N-ethyl adjacent to an activating group) is 1. The lowest BCUT2D eigenvalue weighted by molar-refractivity contribution is -0.137. The highest BCUT2D eigenvalue weighted by Crippen LogP contribution is 2.28.